The molecule has 88 valence electrons. The van der Waals surface area contributed by atoms with Crippen LogP contribution in [0.5, 0.6) is 0 Å². The maximum absolute atomic E-state index is 11.8. The Kier molecular flexibility index (Phi) is 3.70. The van der Waals surface area contributed by atoms with Gasteiger partial charge in [0, 0.05) is 5.69 Å². The van der Waals surface area contributed by atoms with Gasteiger partial charge in [-0.3, -0.25) is 4.79 Å². The molecule has 3 heteroatoms. The van der Waals surface area contributed by atoms with Gasteiger partial charge in [-0.05, 0) is 30.0 Å². The van der Waals surface area contributed by atoms with Gasteiger partial charge in [-0.1, -0.05) is 32.9 Å². The number of rotatable bonds is 2. The van der Waals surface area contributed by atoms with Crippen molar-refractivity contribution >= 4 is 11.6 Å². The van der Waals surface area contributed by atoms with E-state index in [9.17, 15) is 4.79 Å². The summed E-state index contributed by atoms with van der Waals surface area (Å²) in [6, 6.07) is 7.17. The first kappa shape index (κ1) is 12.7. The van der Waals surface area contributed by atoms with E-state index in [1.54, 1.807) is 0 Å². The molecule has 0 saturated carbocycles. The quantitative estimate of drug-likeness (QED) is 0.803. The minimum atomic E-state index is -0.506. The maximum atomic E-state index is 11.8. The highest BCUT2D eigenvalue weighted by atomic mass is 16.2. The average Bonchev–Trinajstić information content (AvgIpc) is 2.15. The van der Waals surface area contributed by atoms with Gasteiger partial charge in [-0.25, -0.2) is 0 Å². The first-order chi connectivity index (χ1) is 7.30. The number of benzene rings is 1. The fraction of sp³-hybridized carbons (Fsp3) is 0.462. The molecule has 0 radical (unpaired) electrons. The van der Waals surface area contributed by atoms with Crippen LogP contribution in [0.1, 0.15) is 26.3 Å². The van der Waals surface area contributed by atoms with Gasteiger partial charge in [0.1, 0.15) is 0 Å². The van der Waals surface area contributed by atoms with Gasteiger partial charge in [-0.15, -0.1) is 0 Å². The standard InChI is InChI=1S/C13H20N2O/c1-9-6-5-7-10(8-9)15-12(16)11(14)13(2,3)4/h5-8,11H,14H2,1-4H3,(H,15,16)/t11-/m0/s1. The van der Waals surface area contributed by atoms with Crippen molar-refractivity contribution in [2.75, 3.05) is 5.32 Å². The molecule has 0 aliphatic heterocycles. The number of nitrogens with one attached hydrogen (secondary N) is 1. The highest BCUT2D eigenvalue weighted by molar-refractivity contribution is 5.95. The lowest BCUT2D eigenvalue weighted by Gasteiger charge is -2.25. The minimum Gasteiger partial charge on any atom is -0.325 e. The van der Waals surface area contributed by atoms with Gasteiger partial charge in [0.15, 0.2) is 0 Å². The van der Waals surface area contributed by atoms with Crippen molar-refractivity contribution in [2.24, 2.45) is 11.1 Å². The molecule has 0 bridgehead atoms. The molecule has 0 unspecified atom stereocenters. The highest BCUT2D eigenvalue weighted by Gasteiger charge is 2.27. The monoisotopic (exact) mass is 220 g/mol. The van der Waals surface area contributed by atoms with Crippen LogP contribution in [0.3, 0.4) is 0 Å². The molecule has 0 saturated heterocycles. The van der Waals surface area contributed by atoms with Crippen molar-refractivity contribution in [1.29, 1.82) is 0 Å². The van der Waals surface area contributed by atoms with E-state index in [-0.39, 0.29) is 11.3 Å². The Hall–Kier alpha value is -1.35. The molecule has 1 atom stereocenters. The summed E-state index contributed by atoms with van der Waals surface area (Å²) in [4.78, 5) is 11.8. The number of anilines is 1. The molecule has 1 rings (SSSR count). The average molecular weight is 220 g/mol. The summed E-state index contributed by atoms with van der Waals surface area (Å²) in [5, 5.41) is 2.83. The zero-order valence-electron chi connectivity index (χ0n) is 10.4. The maximum Gasteiger partial charge on any atom is 0.241 e. The van der Waals surface area contributed by atoms with Crippen molar-refractivity contribution in [1.82, 2.24) is 0 Å². The highest BCUT2D eigenvalue weighted by Crippen LogP contribution is 2.19. The molecular formula is C13H20N2O. The van der Waals surface area contributed by atoms with Crippen LogP contribution in [0.4, 0.5) is 5.69 Å². The number of hydrogen-bond acceptors (Lipinski definition) is 2. The molecular weight excluding hydrogens is 200 g/mol. The molecule has 0 aromatic heterocycles. The smallest absolute Gasteiger partial charge is 0.241 e. The van der Waals surface area contributed by atoms with Gasteiger partial charge in [0.05, 0.1) is 6.04 Å². The summed E-state index contributed by atoms with van der Waals surface area (Å²) >= 11 is 0. The Morgan fingerprint density at radius 3 is 2.50 bits per heavy atom. The summed E-state index contributed by atoms with van der Waals surface area (Å²) in [5.74, 6) is -0.141. The number of amides is 1. The minimum absolute atomic E-state index is 0.141. The van der Waals surface area contributed by atoms with Crippen LogP contribution in [0, 0.1) is 12.3 Å². The van der Waals surface area contributed by atoms with E-state index in [0.29, 0.717) is 0 Å². The van der Waals surface area contributed by atoms with Crippen molar-refractivity contribution < 1.29 is 4.79 Å². The fourth-order valence-electron chi connectivity index (χ4n) is 1.34. The van der Waals surface area contributed by atoms with Crippen LogP contribution < -0.4 is 11.1 Å². The van der Waals surface area contributed by atoms with Crippen molar-refractivity contribution in [3.63, 3.8) is 0 Å². The SMILES string of the molecule is Cc1cccc(NC(=O)[C@H](N)C(C)(C)C)c1. The van der Waals surface area contributed by atoms with Crippen LogP contribution in [-0.4, -0.2) is 11.9 Å². The molecule has 1 amide bonds. The van der Waals surface area contributed by atoms with Gasteiger partial charge < -0.3 is 11.1 Å². The molecule has 3 N–H and O–H groups in total. The van der Waals surface area contributed by atoms with Crippen LogP contribution in [0.15, 0.2) is 24.3 Å². The predicted molar refractivity (Wildman–Crippen MR) is 67.2 cm³/mol. The second-order valence-corrected chi connectivity index (χ2v) is 5.20. The van der Waals surface area contributed by atoms with E-state index in [4.69, 9.17) is 5.73 Å². The molecule has 0 heterocycles. The predicted octanol–water partition coefficient (Wildman–Crippen LogP) is 2.31. The second kappa shape index (κ2) is 4.66. The Morgan fingerprint density at radius 2 is 2.00 bits per heavy atom. The molecule has 16 heavy (non-hydrogen) atoms. The van der Waals surface area contributed by atoms with Crippen LogP contribution in [0.2, 0.25) is 0 Å². The van der Waals surface area contributed by atoms with Crippen LogP contribution in [-0.2, 0) is 4.79 Å². The van der Waals surface area contributed by atoms with Gasteiger partial charge in [-0.2, -0.15) is 0 Å². The molecule has 0 spiro atoms. The number of aryl methyl sites for hydroxylation is 1. The zero-order chi connectivity index (χ0) is 12.3. The van der Waals surface area contributed by atoms with Crippen LogP contribution >= 0.6 is 0 Å². The Labute approximate surface area is 97.0 Å². The van der Waals surface area contributed by atoms with Gasteiger partial charge >= 0.3 is 0 Å². The van der Waals surface area contributed by atoms with E-state index < -0.39 is 6.04 Å². The molecule has 0 aliphatic rings. The van der Waals surface area contributed by atoms with Gasteiger partial charge in [0.25, 0.3) is 0 Å². The van der Waals surface area contributed by atoms with E-state index in [2.05, 4.69) is 5.32 Å². The fourth-order valence-corrected chi connectivity index (χ4v) is 1.34. The topological polar surface area (TPSA) is 55.1 Å². The number of carbonyl (C=O) groups excluding carboxylic acids is 1. The number of nitrogens with two attached hydrogens (primary N) is 1. The lowest BCUT2D eigenvalue weighted by molar-refractivity contribution is -0.119. The van der Waals surface area contributed by atoms with Crippen molar-refractivity contribution in [3.05, 3.63) is 29.8 Å². The lowest BCUT2D eigenvalue weighted by Crippen LogP contribution is -2.45. The third-order valence-corrected chi connectivity index (χ3v) is 2.50. The summed E-state index contributed by atoms with van der Waals surface area (Å²) < 4.78 is 0. The molecule has 1 aromatic rings. The summed E-state index contributed by atoms with van der Waals surface area (Å²) in [6.07, 6.45) is 0. The Balaban J connectivity index is 2.72. The van der Waals surface area contributed by atoms with Gasteiger partial charge in [0.2, 0.25) is 5.91 Å². The Morgan fingerprint density at radius 1 is 1.38 bits per heavy atom. The van der Waals surface area contributed by atoms with E-state index in [1.165, 1.54) is 0 Å². The number of hydrogen-bond donors (Lipinski definition) is 2. The molecule has 0 fully saturated rings. The largest absolute Gasteiger partial charge is 0.325 e. The summed E-state index contributed by atoms with van der Waals surface area (Å²) in [6.45, 7) is 7.84. The van der Waals surface area contributed by atoms with Crippen molar-refractivity contribution in [3.8, 4) is 0 Å². The number of carbonyl (C=O) groups is 1. The third kappa shape index (κ3) is 3.35. The first-order valence-corrected chi connectivity index (χ1v) is 5.44. The van der Waals surface area contributed by atoms with Crippen LogP contribution in [0.25, 0.3) is 0 Å². The molecule has 3 nitrogen and oxygen atoms in total. The lowest BCUT2D eigenvalue weighted by atomic mass is 9.87. The zero-order valence-corrected chi connectivity index (χ0v) is 10.4. The third-order valence-electron chi connectivity index (χ3n) is 2.50. The summed E-state index contributed by atoms with van der Waals surface area (Å²) in [5.41, 5.74) is 7.55. The van der Waals surface area contributed by atoms with E-state index >= 15 is 0 Å². The normalized spacial score (nSPS) is 13.3. The first-order valence-electron chi connectivity index (χ1n) is 5.44. The molecule has 1 aromatic carbocycles. The van der Waals surface area contributed by atoms with E-state index in [1.807, 2.05) is 52.0 Å². The second-order valence-electron chi connectivity index (χ2n) is 5.20. The van der Waals surface area contributed by atoms with Crippen molar-refractivity contribution in [2.45, 2.75) is 33.7 Å². The Bertz CT molecular complexity index is 380. The van der Waals surface area contributed by atoms with E-state index in [0.717, 1.165) is 11.3 Å². The molecule has 0 aliphatic carbocycles. The summed E-state index contributed by atoms with van der Waals surface area (Å²) in [7, 11) is 0.